The fourth-order valence-electron chi connectivity index (χ4n) is 4.92. The van der Waals surface area contributed by atoms with E-state index in [-0.39, 0.29) is 24.2 Å². The van der Waals surface area contributed by atoms with Crippen LogP contribution in [-0.4, -0.2) is 11.8 Å². The molecular weight excluding hydrogens is 429 g/mol. The van der Waals surface area contributed by atoms with Crippen LogP contribution in [0.1, 0.15) is 21.5 Å². The van der Waals surface area contributed by atoms with Gasteiger partial charge in [-0.25, -0.2) is 4.39 Å². The SMILES string of the molecule is O=C1c2ccccc2N[C@]2(C(=O)N(Cc3ccccc3F)c3ccccc32)N1c1ccccc1. The van der Waals surface area contributed by atoms with Gasteiger partial charge in [0.05, 0.1) is 17.8 Å². The number of anilines is 3. The van der Waals surface area contributed by atoms with E-state index >= 15 is 0 Å². The minimum Gasteiger partial charge on any atom is -0.350 e. The molecule has 5 nitrogen and oxygen atoms in total. The van der Waals surface area contributed by atoms with Crippen molar-refractivity contribution >= 4 is 28.9 Å². The lowest BCUT2D eigenvalue weighted by Gasteiger charge is -2.45. The average molecular weight is 449 g/mol. The molecule has 2 aliphatic heterocycles. The monoisotopic (exact) mass is 449 g/mol. The highest BCUT2D eigenvalue weighted by Gasteiger charge is 2.59. The number of nitrogens with one attached hydrogen (secondary N) is 1. The molecule has 4 aromatic rings. The van der Waals surface area contributed by atoms with Crippen LogP contribution in [0.15, 0.2) is 103 Å². The van der Waals surface area contributed by atoms with Crippen LogP contribution in [0.2, 0.25) is 0 Å². The molecule has 2 heterocycles. The summed E-state index contributed by atoms with van der Waals surface area (Å²) >= 11 is 0. The van der Waals surface area contributed by atoms with Crippen molar-refractivity contribution in [3.8, 4) is 0 Å². The normalized spacial score (nSPS) is 18.6. The lowest BCUT2D eigenvalue weighted by Crippen LogP contribution is -2.63. The Morgan fingerprint density at radius 1 is 0.765 bits per heavy atom. The van der Waals surface area contributed by atoms with Gasteiger partial charge in [0.1, 0.15) is 5.82 Å². The number of para-hydroxylation sites is 3. The third-order valence-electron chi connectivity index (χ3n) is 6.45. The van der Waals surface area contributed by atoms with E-state index in [9.17, 15) is 14.0 Å². The largest absolute Gasteiger partial charge is 0.350 e. The van der Waals surface area contributed by atoms with E-state index in [1.807, 2.05) is 60.7 Å². The third kappa shape index (κ3) is 2.78. The summed E-state index contributed by atoms with van der Waals surface area (Å²) in [5.74, 6) is -1.01. The predicted molar refractivity (Wildman–Crippen MR) is 129 cm³/mol. The smallest absolute Gasteiger partial charge is 0.279 e. The number of amides is 2. The van der Waals surface area contributed by atoms with E-state index in [0.29, 0.717) is 33.8 Å². The molecule has 1 spiro atoms. The molecular formula is C28H20FN3O2. The molecule has 0 aromatic heterocycles. The Balaban J connectivity index is 1.59. The number of carbonyl (C=O) groups is 2. The van der Waals surface area contributed by atoms with Crippen LogP contribution in [0.3, 0.4) is 0 Å². The standard InChI is InChI=1S/C28H20FN3O2/c29-23-15-7-4-10-19(23)18-31-25-17-9-6-14-22(25)28(27(31)34)30-24-16-8-5-13-21(24)26(33)32(28)20-11-2-1-3-12-20/h1-17,30H,18H2/t28-/m0/s1. The van der Waals surface area contributed by atoms with Crippen LogP contribution in [0.5, 0.6) is 0 Å². The maximum Gasteiger partial charge on any atom is 0.279 e. The zero-order valence-electron chi connectivity index (χ0n) is 18.1. The number of halogens is 1. The van der Waals surface area contributed by atoms with Crippen molar-refractivity contribution < 1.29 is 14.0 Å². The van der Waals surface area contributed by atoms with Gasteiger partial charge >= 0.3 is 0 Å². The molecule has 34 heavy (non-hydrogen) atoms. The van der Waals surface area contributed by atoms with Gasteiger partial charge in [-0.2, -0.15) is 0 Å². The van der Waals surface area contributed by atoms with Crippen molar-refractivity contribution in [2.24, 2.45) is 0 Å². The first-order valence-electron chi connectivity index (χ1n) is 11.0. The third-order valence-corrected chi connectivity index (χ3v) is 6.45. The van der Waals surface area contributed by atoms with Crippen molar-refractivity contribution in [2.45, 2.75) is 12.2 Å². The van der Waals surface area contributed by atoms with Crippen molar-refractivity contribution in [2.75, 3.05) is 15.1 Å². The van der Waals surface area contributed by atoms with Gasteiger partial charge in [-0.05, 0) is 36.4 Å². The lowest BCUT2D eigenvalue weighted by molar-refractivity contribution is -0.122. The summed E-state index contributed by atoms with van der Waals surface area (Å²) in [5, 5.41) is 3.41. The van der Waals surface area contributed by atoms with Crippen molar-refractivity contribution in [3.05, 3.63) is 126 Å². The van der Waals surface area contributed by atoms with Crippen molar-refractivity contribution in [1.29, 1.82) is 0 Å². The Labute approximate surface area is 196 Å². The molecule has 0 saturated heterocycles. The number of hydrogen-bond donors (Lipinski definition) is 1. The molecule has 166 valence electrons. The molecule has 2 aliphatic rings. The summed E-state index contributed by atoms with van der Waals surface area (Å²) in [6, 6.07) is 30.1. The summed E-state index contributed by atoms with van der Waals surface area (Å²) in [6.45, 7) is 0.0460. The van der Waals surface area contributed by atoms with Gasteiger partial charge in [0.2, 0.25) is 5.66 Å². The number of carbonyl (C=O) groups excluding carboxylic acids is 2. The highest BCUT2D eigenvalue weighted by Crippen LogP contribution is 2.49. The minimum absolute atomic E-state index is 0.0460. The molecule has 0 bridgehead atoms. The van der Waals surface area contributed by atoms with Crippen LogP contribution in [0.25, 0.3) is 0 Å². The van der Waals surface area contributed by atoms with Gasteiger partial charge in [-0.1, -0.05) is 66.7 Å². The van der Waals surface area contributed by atoms with Gasteiger partial charge in [0.15, 0.2) is 0 Å². The zero-order valence-corrected chi connectivity index (χ0v) is 18.1. The fraction of sp³-hybridized carbons (Fsp3) is 0.0714. The molecule has 1 N–H and O–H groups in total. The molecule has 1 atom stereocenters. The van der Waals surface area contributed by atoms with E-state index in [2.05, 4.69) is 5.32 Å². The number of nitrogens with zero attached hydrogens (tertiary/aromatic N) is 2. The van der Waals surface area contributed by atoms with Gasteiger partial charge in [0.25, 0.3) is 11.8 Å². The Morgan fingerprint density at radius 2 is 1.44 bits per heavy atom. The zero-order chi connectivity index (χ0) is 23.3. The Morgan fingerprint density at radius 3 is 2.26 bits per heavy atom. The van der Waals surface area contributed by atoms with Crippen molar-refractivity contribution in [1.82, 2.24) is 0 Å². The van der Waals surface area contributed by atoms with Gasteiger partial charge in [-0.3, -0.25) is 14.5 Å². The van der Waals surface area contributed by atoms with Crippen molar-refractivity contribution in [3.63, 3.8) is 0 Å². The molecule has 6 rings (SSSR count). The Hall–Kier alpha value is -4.45. The van der Waals surface area contributed by atoms with Crippen LogP contribution >= 0.6 is 0 Å². The van der Waals surface area contributed by atoms with Gasteiger partial charge < -0.3 is 10.2 Å². The quantitative estimate of drug-likeness (QED) is 0.462. The summed E-state index contributed by atoms with van der Waals surface area (Å²) < 4.78 is 14.6. The first-order valence-corrected chi connectivity index (χ1v) is 11.0. The first kappa shape index (κ1) is 20.2. The highest BCUT2D eigenvalue weighted by molar-refractivity contribution is 6.22. The highest BCUT2D eigenvalue weighted by atomic mass is 19.1. The molecule has 2 amide bonds. The number of benzene rings is 4. The molecule has 0 fully saturated rings. The maximum absolute atomic E-state index is 14.6. The average Bonchev–Trinajstić information content (AvgIpc) is 3.09. The molecule has 0 aliphatic carbocycles. The molecule has 6 heteroatoms. The van der Waals surface area contributed by atoms with E-state index in [0.717, 1.165) is 0 Å². The maximum atomic E-state index is 14.6. The molecule has 0 unspecified atom stereocenters. The van der Waals surface area contributed by atoms with Gasteiger partial charge in [-0.15, -0.1) is 0 Å². The summed E-state index contributed by atoms with van der Waals surface area (Å²) in [5.41, 5.74) is 1.82. The van der Waals surface area contributed by atoms with Crippen LogP contribution < -0.4 is 15.1 Å². The Kier molecular flexibility index (Phi) is 4.48. The van der Waals surface area contributed by atoms with Crippen LogP contribution in [0.4, 0.5) is 21.5 Å². The second-order valence-electron chi connectivity index (χ2n) is 8.36. The van der Waals surface area contributed by atoms with Crippen LogP contribution in [0, 0.1) is 5.82 Å². The first-order chi connectivity index (χ1) is 16.6. The van der Waals surface area contributed by atoms with E-state index in [4.69, 9.17) is 0 Å². The predicted octanol–water partition coefficient (Wildman–Crippen LogP) is 5.30. The van der Waals surface area contributed by atoms with E-state index in [1.54, 1.807) is 41.3 Å². The van der Waals surface area contributed by atoms with E-state index in [1.165, 1.54) is 11.0 Å². The summed E-state index contributed by atoms with van der Waals surface area (Å²) in [7, 11) is 0. The lowest BCUT2D eigenvalue weighted by atomic mass is 9.92. The fourth-order valence-corrected chi connectivity index (χ4v) is 4.92. The molecule has 0 radical (unpaired) electrons. The minimum atomic E-state index is -1.51. The second kappa shape index (κ2) is 7.56. The molecule has 4 aromatic carbocycles. The topological polar surface area (TPSA) is 52.7 Å². The number of rotatable bonds is 3. The van der Waals surface area contributed by atoms with E-state index < -0.39 is 5.66 Å². The Bertz CT molecular complexity index is 1440. The number of fused-ring (bicyclic) bond motifs is 3. The second-order valence-corrected chi connectivity index (χ2v) is 8.36. The van der Waals surface area contributed by atoms with Crippen LogP contribution in [-0.2, 0) is 17.0 Å². The summed E-state index contributed by atoms with van der Waals surface area (Å²) in [6.07, 6.45) is 0. The molecule has 0 saturated carbocycles. The summed E-state index contributed by atoms with van der Waals surface area (Å²) in [4.78, 5) is 31.3. The van der Waals surface area contributed by atoms with Gasteiger partial charge in [0, 0.05) is 22.5 Å². The number of hydrogen-bond acceptors (Lipinski definition) is 3.